The summed E-state index contributed by atoms with van der Waals surface area (Å²) in [6.07, 6.45) is 82.0. The molecule has 3 N–H and O–H groups in total. The third-order valence-corrected chi connectivity index (χ3v) is 15.7. The zero-order valence-electron chi connectivity index (χ0n) is 50.5. The molecule has 442 valence electrons. The van der Waals surface area contributed by atoms with E-state index in [-0.39, 0.29) is 18.5 Å². The highest BCUT2D eigenvalue weighted by atomic mass is 16.5. The van der Waals surface area contributed by atoms with Crippen LogP contribution in [0.25, 0.3) is 0 Å². The van der Waals surface area contributed by atoms with Gasteiger partial charge in [-0.2, -0.15) is 0 Å². The second kappa shape index (κ2) is 64.6. The molecule has 2 unspecified atom stereocenters. The van der Waals surface area contributed by atoms with E-state index in [0.717, 1.165) is 44.9 Å². The summed E-state index contributed by atoms with van der Waals surface area (Å²) in [6, 6.07) is -0.633. The molecule has 0 bridgehead atoms. The number of hydrogen-bond acceptors (Lipinski definition) is 5. The molecule has 2 atom stereocenters. The Labute approximate surface area is 468 Å². The minimum Gasteiger partial charge on any atom is -0.466 e. The van der Waals surface area contributed by atoms with Gasteiger partial charge in [0.1, 0.15) is 0 Å². The Morgan fingerprint density at radius 3 is 1.01 bits per heavy atom. The SMILES string of the molecule is CCCCCCCCCCCCCCCC/C=C/C(O)C(CO)NC(=O)CCCCCCCCCCC/C=C\C/C=C\CCCCCCCCCCCOC(=O)CCCCCCCCCCCCCCCCCCC. The van der Waals surface area contributed by atoms with E-state index in [9.17, 15) is 19.8 Å². The van der Waals surface area contributed by atoms with Gasteiger partial charge < -0.3 is 20.3 Å². The second-order valence-corrected chi connectivity index (χ2v) is 23.2. The molecule has 0 aliphatic carbocycles. The van der Waals surface area contributed by atoms with Crippen molar-refractivity contribution >= 4 is 11.9 Å². The molecule has 0 aromatic carbocycles. The number of rotatable bonds is 63. The summed E-state index contributed by atoms with van der Waals surface area (Å²) >= 11 is 0. The quantitative estimate of drug-likeness (QED) is 0.0320. The van der Waals surface area contributed by atoms with Crippen LogP contribution in [0.5, 0.6) is 0 Å². The molecule has 6 nitrogen and oxygen atoms in total. The lowest BCUT2D eigenvalue weighted by Crippen LogP contribution is -2.45. The number of aliphatic hydroxyl groups excluding tert-OH is 2. The van der Waals surface area contributed by atoms with Gasteiger partial charge >= 0.3 is 5.97 Å². The number of carbonyl (C=O) groups is 2. The predicted octanol–water partition coefficient (Wildman–Crippen LogP) is 21.5. The van der Waals surface area contributed by atoms with Crippen LogP contribution in [-0.4, -0.2) is 47.4 Å². The van der Waals surface area contributed by atoms with Crippen molar-refractivity contribution in [2.75, 3.05) is 13.2 Å². The van der Waals surface area contributed by atoms with Crippen molar-refractivity contribution < 1.29 is 24.5 Å². The van der Waals surface area contributed by atoms with E-state index in [1.54, 1.807) is 6.08 Å². The highest BCUT2D eigenvalue weighted by molar-refractivity contribution is 5.76. The van der Waals surface area contributed by atoms with E-state index in [1.165, 1.54) is 295 Å². The topological polar surface area (TPSA) is 95.9 Å². The maximum atomic E-state index is 12.5. The van der Waals surface area contributed by atoms with E-state index >= 15 is 0 Å². The third kappa shape index (κ3) is 61.2. The van der Waals surface area contributed by atoms with Crippen LogP contribution < -0.4 is 5.32 Å². The van der Waals surface area contributed by atoms with Crippen molar-refractivity contribution in [2.45, 2.75) is 379 Å². The van der Waals surface area contributed by atoms with E-state index in [0.29, 0.717) is 19.4 Å². The molecular formula is C69H131NO5. The number of amides is 1. The lowest BCUT2D eigenvalue weighted by Gasteiger charge is -2.20. The number of nitrogens with one attached hydrogen (secondary N) is 1. The van der Waals surface area contributed by atoms with Crippen LogP contribution in [0.2, 0.25) is 0 Å². The largest absolute Gasteiger partial charge is 0.466 e. The molecule has 0 fully saturated rings. The molecular weight excluding hydrogens is 923 g/mol. The fraction of sp³-hybridized carbons (Fsp3) is 0.884. The minimum atomic E-state index is -0.849. The van der Waals surface area contributed by atoms with Crippen molar-refractivity contribution in [3.05, 3.63) is 36.5 Å². The highest BCUT2D eigenvalue weighted by Gasteiger charge is 2.18. The zero-order valence-corrected chi connectivity index (χ0v) is 50.5. The number of allylic oxidation sites excluding steroid dienone is 5. The lowest BCUT2D eigenvalue weighted by molar-refractivity contribution is -0.143. The number of ether oxygens (including phenoxy) is 1. The van der Waals surface area contributed by atoms with Crippen molar-refractivity contribution in [3.63, 3.8) is 0 Å². The smallest absolute Gasteiger partial charge is 0.305 e. The summed E-state index contributed by atoms with van der Waals surface area (Å²) in [4.78, 5) is 24.6. The Hall–Kier alpha value is -1.92. The molecule has 0 saturated carbocycles. The van der Waals surface area contributed by atoms with Gasteiger partial charge in [0.25, 0.3) is 0 Å². The lowest BCUT2D eigenvalue weighted by atomic mass is 10.0. The van der Waals surface area contributed by atoms with Gasteiger partial charge in [0.05, 0.1) is 25.4 Å². The molecule has 0 aromatic rings. The first-order chi connectivity index (χ1) is 37.0. The molecule has 1 amide bonds. The number of aliphatic hydroxyl groups is 2. The van der Waals surface area contributed by atoms with Crippen molar-refractivity contribution in [2.24, 2.45) is 0 Å². The zero-order chi connectivity index (χ0) is 54.3. The standard InChI is InChI=1S/C69H131NO5/c1-3-5-7-9-11-13-15-17-19-30-35-39-43-47-51-55-59-63-69(74)75-64-60-56-52-48-44-40-36-32-29-27-25-23-21-22-24-26-28-31-34-38-42-46-50-54-58-62-68(73)70-66(65-71)67(72)61-57-53-49-45-41-37-33-20-18-16-14-12-10-8-6-4-2/h22-25,57,61,66-67,71-72H,3-21,26-56,58-60,62-65H2,1-2H3,(H,70,73)/b24-22-,25-23-,61-57+. The number of carbonyl (C=O) groups excluding carboxylic acids is 2. The van der Waals surface area contributed by atoms with Gasteiger partial charge in [-0.05, 0) is 64.2 Å². The fourth-order valence-electron chi connectivity index (χ4n) is 10.5. The van der Waals surface area contributed by atoms with Crippen LogP contribution in [0.4, 0.5) is 0 Å². The first-order valence-corrected chi connectivity index (χ1v) is 33.8. The van der Waals surface area contributed by atoms with Crippen LogP contribution in [0, 0.1) is 0 Å². The number of hydrogen-bond donors (Lipinski definition) is 3. The van der Waals surface area contributed by atoms with Gasteiger partial charge in [-0.3, -0.25) is 9.59 Å². The first kappa shape index (κ1) is 73.1. The minimum absolute atomic E-state index is 0.0128. The van der Waals surface area contributed by atoms with Gasteiger partial charge in [0.2, 0.25) is 5.91 Å². The normalized spacial score (nSPS) is 12.7. The molecule has 0 saturated heterocycles. The maximum Gasteiger partial charge on any atom is 0.305 e. The molecule has 0 radical (unpaired) electrons. The summed E-state index contributed by atoms with van der Waals surface area (Å²) in [5, 5.41) is 23.2. The van der Waals surface area contributed by atoms with Crippen LogP contribution in [0.3, 0.4) is 0 Å². The van der Waals surface area contributed by atoms with Gasteiger partial charge in [0.15, 0.2) is 0 Å². The van der Waals surface area contributed by atoms with Gasteiger partial charge in [0, 0.05) is 12.8 Å². The highest BCUT2D eigenvalue weighted by Crippen LogP contribution is 2.18. The molecule has 0 heterocycles. The average Bonchev–Trinajstić information content (AvgIpc) is 3.41. The number of esters is 1. The summed E-state index contributed by atoms with van der Waals surface area (Å²) in [5.74, 6) is -0.0594. The molecule has 0 spiro atoms. The van der Waals surface area contributed by atoms with E-state index in [2.05, 4.69) is 43.5 Å². The maximum absolute atomic E-state index is 12.5. The van der Waals surface area contributed by atoms with Gasteiger partial charge in [-0.25, -0.2) is 0 Å². The Balaban J connectivity index is 3.43. The van der Waals surface area contributed by atoms with Crippen LogP contribution in [-0.2, 0) is 14.3 Å². The predicted molar refractivity (Wildman–Crippen MR) is 329 cm³/mol. The van der Waals surface area contributed by atoms with Crippen LogP contribution >= 0.6 is 0 Å². The van der Waals surface area contributed by atoms with Crippen molar-refractivity contribution in [3.8, 4) is 0 Å². The molecule has 6 heteroatoms. The van der Waals surface area contributed by atoms with Gasteiger partial charge in [-0.1, -0.05) is 326 Å². The molecule has 0 aromatic heterocycles. The molecule has 0 aliphatic rings. The van der Waals surface area contributed by atoms with Gasteiger partial charge in [-0.15, -0.1) is 0 Å². The van der Waals surface area contributed by atoms with Crippen molar-refractivity contribution in [1.82, 2.24) is 5.32 Å². The van der Waals surface area contributed by atoms with Crippen LogP contribution in [0.1, 0.15) is 367 Å². The van der Waals surface area contributed by atoms with Crippen molar-refractivity contribution in [1.29, 1.82) is 0 Å². The summed E-state index contributed by atoms with van der Waals surface area (Å²) in [5.41, 5.74) is 0. The Morgan fingerprint density at radius 1 is 0.373 bits per heavy atom. The molecule has 0 rings (SSSR count). The Kier molecular flexibility index (Phi) is 63.0. The second-order valence-electron chi connectivity index (χ2n) is 23.2. The fourth-order valence-corrected chi connectivity index (χ4v) is 10.5. The number of unbranched alkanes of at least 4 members (excludes halogenated alkanes) is 48. The Bertz CT molecular complexity index is 1210. The summed E-state index contributed by atoms with van der Waals surface area (Å²) < 4.78 is 5.50. The summed E-state index contributed by atoms with van der Waals surface area (Å²) in [7, 11) is 0. The summed E-state index contributed by atoms with van der Waals surface area (Å²) in [6.45, 7) is 4.93. The first-order valence-electron chi connectivity index (χ1n) is 33.8. The monoisotopic (exact) mass is 1050 g/mol. The van der Waals surface area contributed by atoms with Crippen LogP contribution in [0.15, 0.2) is 36.5 Å². The Morgan fingerprint density at radius 2 is 0.667 bits per heavy atom. The molecule has 75 heavy (non-hydrogen) atoms. The van der Waals surface area contributed by atoms with E-state index in [4.69, 9.17) is 4.74 Å². The van der Waals surface area contributed by atoms with E-state index < -0.39 is 12.1 Å². The third-order valence-electron chi connectivity index (χ3n) is 15.7. The van der Waals surface area contributed by atoms with E-state index in [1.807, 2.05) is 6.08 Å². The average molecular weight is 1050 g/mol. The molecule has 0 aliphatic heterocycles.